The number of rotatable bonds is 7. The second-order valence-electron chi connectivity index (χ2n) is 7.64. The van der Waals surface area contributed by atoms with Crippen LogP contribution in [0.4, 0.5) is 0 Å². The Bertz CT molecular complexity index is 963. The van der Waals surface area contributed by atoms with E-state index in [2.05, 4.69) is 54.0 Å². The molecule has 2 aromatic carbocycles. The third kappa shape index (κ3) is 3.77. The van der Waals surface area contributed by atoms with E-state index in [0.717, 1.165) is 31.7 Å². The van der Waals surface area contributed by atoms with Gasteiger partial charge < -0.3 is 4.42 Å². The van der Waals surface area contributed by atoms with Gasteiger partial charge in [0.15, 0.2) is 5.58 Å². The molecule has 0 bridgehead atoms. The Labute approximate surface area is 166 Å². The van der Waals surface area contributed by atoms with Crippen LogP contribution in [0.25, 0.3) is 11.1 Å². The average molecular weight is 380 g/mol. The highest BCUT2D eigenvalue weighted by Gasteiger charge is 2.30. The Morgan fingerprint density at radius 3 is 2.68 bits per heavy atom. The summed E-state index contributed by atoms with van der Waals surface area (Å²) in [5.41, 5.74) is 2.93. The molecule has 1 aromatic heterocycles. The predicted octanol–water partition coefficient (Wildman–Crippen LogP) is 3.75. The Balaban J connectivity index is 1.41. The summed E-state index contributed by atoms with van der Waals surface area (Å²) in [6.45, 7) is 9.21. The lowest BCUT2D eigenvalue weighted by atomic mass is 10.1. The Hall–Kier alpha value is -2.37. The second-order valence-corrected chi connectivity index (χ2v) is 7.64. The Morgan fingerprint density at radius 1 is 1.14 bits per heavy atom. The number of aromatic nitrogens is 1. The van der Waals surface area contributed by atoms with Gasteiger partial charge in [0, 0.05) is 38.3 Å². The standard InChI is InChI=1S/C23H29N3O2/c1-3-24(15-16-26-21-11-7-8-12-22(21)28-23(26)27)20-13-14-25(17-20)18(2)19-9-5-4-6-10-19/h4-12,18,20H,3,13-17H2,1-2H3. The molecule has 148 valence electrons. The second kappa shape index (κ2) is 8.33. The molecule has 0 N–H and O–H groups in total. The van der Waals surface area contributed by atoms with Gasteiger partial charge in [0.25, 0.3) is 0 Å². The predicted molar refractivity (Wildman–Crippen MR) is 113 cm³/mol. The number of nitrogens with zero attached hydrogens (tertiary/aromatic N) is 3. The molecule has 4 rings (SSSR count). The van der Waals surface area contributed by atoms with Crippen LogP contribution >= 0.6 is 0 Å². The highest BCUT2D eigenvalue weighted by atomic mass is 16.4. The van der Waals surface area contributed by atoms with Crippen LogP contribution in [-0.4, -0.2) is 46.6 Å². The number of likely N-dealkylation sites (tertiary alicyclic amines) is 1. The van der Waals surface area contributed by atoms with Gasteiger partial charge in [0.2, 0.25) is 0 Å². The van der Waals surface area contributed by atoms with Gasteiger partial charge in [-0.05, 0) is 37.6 Å². The fourth-order valence-electron chi connectivity index (χ4n) is 4.41. The summed E-state index contributed by atoms with van der Waals surface area (Å²) in [6.07, 6.45) is 1.17. The van der Waals surface area contributed by atoms with Crippen LogP contribution in [0.3, 0.4) is 0 Å². The fraction of sp³-hybridized carbons (Fsp3) is 0.435. The molecule has 2 unspecified atom stereocenters. The lowest BCUT2D eigenvalue weighted by Gasteiger charge is -2.29. The van der Waals surface area contributed by atoms with Crippen LogP contribution in [0.2, 0.25) is 0 Å². The van der Waals surface area contributed by atoms with E-state index in [-0.39, 0.29) is 5.76 Å². The number of likely N-dealkylation sites (N-methyl/N-ethyl adjacent to an activating group) is 1. The van der Waals surface area contributed by atoms with Gasteiger partial charge in [0.05, 0.1) is 5.52 Å². The SMILES string of the molecule is CCN(CCn1c(=O)oc2ccccc21)C1CCN(C(C)c2ccccc2)C1. The van der Waals surface area contributed by atoms with Crippen molar-refractivity contribution in [3.63, 3.8) is 0 Å². The largest absolute Gasteiger partial charge is 0.419 e. The van der Waals surface area contributed by atoms with Gasteiger partial charge in [0.1, 0.15) is 0 Å². The summed E-state index contributed by atoms with van der Waals surface area (Å²) < 4.78 is 7.13. The Morgan fingerprint density at radius 2 is 1.89 bits per heavy atom. The summed E-state index contributed by atoms with van der Waals surface area (Å²) in [4.78, 5) is 17.3. The maximum atomic E-state index is 12.2. The van der Waals surface area contributed by atoms with Crippen molar-refractivity contribution >= 4 is 11.1 Å². The van der Waals surface area contributed by atoms with E-state index in [1.54, 1.807) is 4.57 Å². The van der Waals surface area contributed by atoms with Gasteiger partial charge >= 0.3 is 5.76 Å². The summed E-state index contributed by atoms with van der Waals surface area (Å²) in [6, 6.07) is 19.4. The van der Waals surface area contributed by atoms with Crippen molar-refractivity contribution in [2.24, 2.45) is 0 Å². The lowest BCUT2D eigenvalue weighted by Crippen LogP contribution is -2.40. The van der Waals surface area contributed by atoms with Crippen molar-refractivity contribution in [1.82, 2.24) is 14.4 Å². The number of fused-ring (bicyclic) bond motifs is 1. The first kappa shape index (κ1) is 19.0. The van der Waals surface area contributed by atoms with Crippen molar-refractivity contribution in [3.05, 3.63) is 70.7 Å². The van der Waals surface area contributed by atoms with Crippen molar-refractivity contribution in [2.45, 2.75) is 38.9 Å². The fourth-order valence-corrected chi connectivity index (χ4v) is 4.41. The number of oxazole rings is 1. The molecule has 0 spiro atoms. The van der Waals surface area contributed by atoms with Crippen LogP contribution in [0.5, 0.6) is 0 Å². The zero-order valence-corrected chi connectivity index (χ0v) is 16.8. The van der Waals surface area contributed by atoms with E-state index in [4.69, 9.17) is 4.42 Å². The Kier molecular flexibility index (Phi) is 5.64. The quantitative estimate of drug-likeness (QED) is 0.627. The molecular weight excluding hydrogens is 350 g/mol. The highest BCUT2D eigenvalue weighted by molar-refractivity contribution is 5.72. The summed E-state index contributed by atoms with van der Waals surface area (Å²) in [7, 11) is 0. The maximum absolute atomic E-state index is 12.2. The van der Waals surface area contributed by atoms with Crippen LogP contribution in [-0.2, 0) is 6.54 Å². The van der Waals surface area contributed by atoms with E-state index in [0.29, 0.717) is 24.2 Å². The molecule has 1 aliphatic rings. The minimum atomic E-state index is -0.261. The topological polar surface area (TPSA) is 41.6 Å². The molecule has 0 aliphatic carbocycles. The van der Waals surface area contributed by atoms with Crippen LogP contribution in [0.1, 0.15) is 31.9 Å². The molecule has 2 atom stereocenters. The van der Waals surface area contributed by atoms with E-state index >= 15 is 0 Å². The smallest absolute Gasteiger partial charge is 0.408 e. The number of hydrogen-bond acceptors (Lipinski definition) is 4. The lowest BCUT2D eigenvalue weighted by molar-refractivity contribution is 0.180. The van der Waals surface area contributed by atoms with Crippen molar-refractivity contribution in [1.29, 1.82) is 0 Å². The molecule has 1 fully saturated rings. The van der Waals surface area contributed by atoms with E-state index in [1.807, 2.05) is 24.3 Å². The normalized spacial score (nSPS) is 18.9. The van der Waals surface area contributed by atoms with Crippen LogP contribution in [0, 0.1) is 0 Å². The molecule has 28 heavy (non-hydrogen) atoms. The first-order valence-corrected chi connectivity index (χ1v) is 10.3. The third-order valence-corrected chi connectivity index (χ3v) is 6.13. The molecule has 3 aromatic rings. The first-order chi connectivity index (χ1) is 13.7. The third-order valence-electron chi connectivity index (χ3n) is 6.13. The molecule has 1 aliphatic heterocycles. The van der Waals surface area contributed by atoms with E-state index in [9.17, 15) is 4.79 Å². The van der Waals surface area contributed by atoms with Gasteiger partial charge in [-0.25, -0.2) is 4.79 Å². The summed E-state index contributed by atoms with van der Waals surface area (Å²) >= 11 is 0. The molecule has 0 saturated carbocycles. The number of para-hydroxylation sites is 2. The van der Waals surface area contributed by atoms with Gasteiger partial charge in [-0.15, -0.1) is 0 Å². The van der Waals surface area contributed by atoms with Gasteiger partial charge in [-0.3, -0.25) is 14.4 Å². The molecule has 5 nitrogen and oxygen atoms in total. The number of benzene rings is 2. The van der Waals surface area contributed by atoms with Crippen LogP contribution in [0.15, 0.2) is 63.8 Å². The molecule has 1 saturated heterocycles. The van der Waals surface area contributed by atoms with E-state index in [1.165, 1.54) is 12.0 Å². The van der Waals surface area contributed by atoms with Crippen LogP contribution < -0.4 is 5.76 Å². The zero-order valence-electron chi connectivity index (χ0n) is 16.8. The maximum Gasteiger partial charge on any atom is 0.419 e. The summed E-state index contributed by atoms with van der Waals surface area (Å²) in [5.74, 6) is -0.261. The van der Waals surface area contributed by atoms with Crippen molar-refractivity contribution in [2.75, 3.05) is 26.2 Å². The zero-order chi connectivity index (χ0) is 19.5. The minimum absolute atomic E-state index is 0.261. The highest BCUT2D eigenvalue weighted by Crippen LogP contribution is 2.26. The van der Waals surface area contributed by atoms with Gasteiger partial charge in [-0.1, -0.05) is 49.4 Å². The van der Waals surface area contributed by atoms with Gasteiger partial charge in [-0.2, -0.15) is 0 Å². The molecule has 0 radical (unpaired) electrons. The number of hydrogen-bond donors (Lipinski definition) is 0. The first-order valence-electron chi connectivity index (χ1n) is 10.3. The monoisotopic (exact) mass is 379 g/mol. The molecular formula is C23H29N3O2. The summed E-state index contributed by atoms with van der Waals surface area (Å²) in [5, 5.41) is 0. The van der Waals surface area contributed by atoms with Crippen molar-refractivity contribution < 1.29 is 4.42 Å². The molecule has 2 heterocycles. The molecule has 0 amide bonds. The minimum Gasteiger partial charge on any atom is -0.408 e. The molecule has 5 heteroatoms. The average Bonchev–Trinajstić information content (AvgIpc) is 3.33. The van der Waals surface area contributed by atoms with E-state index < -0.39 is 0 Å². The van der Waals surface area contributed by atoms with Crippen molar-refractivity contribution in [3.8, 4) is 0 Å².